The lowest BCUT2D eigenvalue weighted by Gasteiger charge is -2.06. The molecule has 0 spiro atoms. The Bertz CT molecular complexity index is 647. The molecular weight excluding hydrogens is 257 g/mol. The van der Waals surface area contributed by atoms with Crippen LogP contribution >= 0.6 is 0 Å². The molecule has 0 amide bonds. The first-order valence-electron chi connectivity index (χ1n) is 6.07. The van der Waals surface area contributed by atoms with Gasteiger partial charge in [0, 0.05) is 5.56 Å². The number of nitrogens with zero attached hydrogens (tertiary/aromatic N) is 1. The monoisotopic (exact) mass is 269 g/mol. The number of carbonyl (C=O) groups is 1. The quantitative estimate of drug-likeness (QED) is 0.802. The Hall–Kier alpha value is -2.67. The van der Waals surface area contributed by atoms with Crippen LogP contribution < -0.4 is 0 Å². The molecule has 3 nitrogen and oxygen atoms in total. The number of nitriles is 1. The number of carbonyl (C=O) groups excluding carboxylic acids is 1. The lowest BCUT2D eigenvalue weighted by Crippen LogP contribution is -2.09. The van der Waals surface area contributed by atoms with Gasteiger partial charge in [-0.25, -0.2) is 4.39 Å². The molecule has 0 saturated carbocycles. The molecule has 0 fully saturated rings. The lowest BCUT2D eigenvalue weighted by molar-refractivity contribution is -0.144. The van der Waals surface area contributed by atoms with Gasteiger partial charge in [-0.15, -0.1) is 0 Å². The normalized spacial score (nSPS) is 9.80. The predicted octanol–water partition coefficient (Wildman–Crippen LogP) is 2.98. The summed E-state index contributed by atoms with van der Waals surface area (Å²) in [5, 5.41) is 8.75. The van der Waals surface area contributed by atoms with Crippen molar-refractivity contribution in [3.8, 4) is 6.07 Å². The van der Waals surface area contributed by atoms with E-state index in [2.05, 4.69) is 0 Å². The van der Waals surface area contributed by atoms with Crippen molar-refractivity contribution in [1.82, 2.24) is 0 Å². The van der Waals surface area contributed by atoms with Crippen LogP contribution in [-0.2, 0) is 22.6 Å². The highest BCUT2D eigenvalue weighted by molar-refractivity contribution is 5.72. The molecule has 0 heterocycles. The fourth-order valence-electron chi connectivity index (χ4n) is 1.72. The molecule has 2 aromatic carbocycles. The largest absolute Gasteiger partial charge is 0.461 e. The summed E-state index contributed by atoms with van der Waals surface area (Å²) < 4.78 is 18.6. The maximum atomic E-state index is 13.5. The van der Waals surface area contributed by atoms with Crippen molar-refractivity contribution < 1.29 is 13.9 Å². The number of halogens is 1. The third-order valence-corrected chi connectivity index (χ3v) is 2.75. The van der Waals surface area contributed by atoms with Gasteiger partial charge in [0.1, 0.15) is 12.4 Å². The minimum atomic E-state index is -0.525. The highest BCUT2D eigenvalue weighted by atomic mass is 19.1. The van der Waals surface area contributed by atoms with Gasteiger partial charge in [-0.2, -0.15) is 5.26 Å². The van der Waals surface area contributed by atoms with E-state index < -0.39 is 11.8 Å². The molecule has 100 valence electrons. The van der Waals surface area contributed by atoms with Crippen LogP contribution in [-0.4, -0.2) is 5.97 Å². The van der Waals surface area contributed by atoms with Gasteiger partial charge in [0.25, 0.3) is 0 Å². The zero-order chi connectivity index (χ0) is 14.4. The Labute approximate surface area is 116 Å². The van der Waals surface area contributed by atoms with Gasteiger partial charge < -0.3 is 4.74 Å². The summed E-state index contributed by atoms with van der Waals surface area (Å²) in [6, 6.07) is 15.1. The molecule has 0 radical (unpaired) electrons. The van der Waals surface area contributed by atoms with Crippen LogP contribution in [0.5, 0.6) is 0 Å². The Balaban J connectivity index is 1.97. The highest BCUT2D eigenvalue weighted by Crippen LogP contribution is 2.12. The topological polar surface area (TPSA) is 50.1 Å². The lowest BCUT2D eigenvalue weighted by atomic mass is 10.1. The molecule has 0 N–H and O–H groups in total. The molecule has 0 aromatic heterocycles. The fourth-order valence-corrected chi connectivity index (χ4v) is 1.72. The van der Waals surface area contributed by atoms with E-state index in [9.17, 15) is 9.18 Å². The van der Waals surface area contributed by atoms with Gasteiger partial charge in [-0.1, -0.05) is 30.3 Å². The first kappa shape index (κ1) is 13.8. The molecule has 2 rings (SSSR count). The standard InChI is InChI=1S/C16H12FNO2/c17-15-7-6-13(10-18)8-14(15)9-16(19)20-11-12-4-2-1-3-5-12/h1-8H,9,11H2. The summed E-state index contributed by atoms with van der Waals surface area (Å²) in [5.41, 5.74) is 1.35. The molecule has 0 unspecified atom stereocenters. The molecular formula is C16H12FNO2. The number of esters is 1. The maximum Gasteiger partial charge on any atom is 0.310 e. The van der Waals surface area contributed by atoms with E-state index in [0.717, 1.165) is 5.56 Å². The van der Waals surface area contributed by atoms with E-state index in [0.29, 0.717) is 5.56 Å². The average molecular weight is 269 g/mol. The summed E-state index contributed by atoms with van der Waals surface area (Å²) in [6.45, 7) is 0.152. The molecule has 0 bridgehead atoms. The van der Waals surface area contributed by atoms with Crippen molar-refractivity contribution in [2.45, 2.75) is 13.0 Å². The summed E-state index contributed by atoms with van der Waals surface area (Å²) in [5.74, 6) is -1.04. The number of rotatable bonds is 4. The van der Waals surface area contributed by atoms with Crippen molar-refractivity contribution in [3.63, 3.8) is 0 Å². The molecule has 4 heteroatoms. The molecule has 0 aliphatic rings. The van der Waals surface area contributed by atoms with Crippen LogP contribution in [0, 0.1) is 17.1 Å². The van der Waals surface area contributed by atoms with Crippen LogP contribution in [0.2, 0.25) is 0 Å². The Kier molecular flexibility index (Phi) is 4.46. The van der Waals surface area contributed by atoms with E-state index in [1.54, 1.807) is 0 Å². The average Bonchev–Trinajstić information content (AvgIpc) is 2.48. The number of hydrogen-bond donors (Lipinski definition) is 0. The fraction of sp³-hybridized carbons (Fsp3) is 0.125. The summed E-state index contributed by atoms with van der Waals surface area (Å²) in [4.78, 5) is 11.7. The van der Waals surface area contributed by atoms with Crippen molar-refractivity contribution in [2.75, 3.05) is 0 Å². The molecule has 0 saturated heterocycles. The summed E-state index contributed by atoms with van der Waals surface area (Å²) in [7, 11) is 0. The molecule has 20 heavy (non-hydrogen) atoms. The zero-order valence-electron chi connectivity index (χ0n) is 10.7. The summed E-state index contributed by atoms with van der Waals surface area (Å²) in [6.07, 6.45) is -0.186. The molecule has 0 atom stereocenters. The maximum absolute atomic E-state index is 13.5. The minimum absolute atomic E-state index is 0.152. The van der Waals surface area contributed by atoms with Crippen molar-refractivity contribution in [2.24, 2.45) is 0 Å². The van der Waals surface area contributed by atoms with E-state index in [4.69, 9.17) is 10.00 Å². The molecule has 0 aliphatic carbocycles. The van der Waals surface area contributed by atoms with Crippen molar-refractivity contribution in [3.05, 3.63) is 71.0 Å². The first-order valence-corrected chi connectivity index (χ1v) is 6.07. The van der Waals surface area contributed by atoms with E-state index in [1.807, 2.05) is 36.4 Å². The van der Waals surface area contributed by atoms with Crippen molar-refractivity contribution in [1.29, 1.82) is 5.26 Å². The van der Waals surface area contributed by atoms with Gasteiger partial charge in [0.2, 0.25) is 0 Å². The summed E-state index contributed by atoms with van der Waals surface area (Å²) >= 11 is 0. The van der Waals surface area contributed by atoms with Crippen molar-refractivity contribution >= 4 is 5.97 Å². The third-order valence-electron chi connectivity index (χ3n) is 2.75. The number of ether oxygens (including phenoxy) is 1. The van der Waals surface area contributed by atoms with Gasteiger partial charge in [0.15, 0.2) is 0 Å². The van der Waals surface area contributed by atoms with E-state index >= 15 is 0 Å². The van der Waals surface area contributed by atoms with Crippen LogP contribution in [0.3, 0.4) is 0 Å². The van der Waals surface area contributed by atoms with Gasteiger partial charge >= 0.3 is 5.97 Å². The Morgan fingerprint density at radius 3 is 2.65 bits per heavy atom. The van der Waals surface area contributed by atoms with Gasteiger partial charge in [-0.05, 0) is 23.8 Å². The Morgan fingerprint density at radius 2 is 1.95 bits per heavy atom. The smallest absolute Gasteiger partial charge is 0.310 e. The van der Waals surface area contributed by atoms with Gasteiger partial charge in [-0.3, -0.25) is 4.79 Å². The van der Waals surface area contributed by atoms with Crippen LogP contribution in [0.1, 0.15) is 16.7 Å². The first-order chi connectivity index (χ1) is 9.69. The molecule has 2 aromatic rings. The second-order valence-corrected chi connectivity index (χ2v) is 4.24. The predicted molar refractivity (Wildman–Crippen MR) is 71.1 cm³/mol. The van der Waals surface area contributed by atoms with E-state index in [-0.39, 0.29) is 18.6 Å². The molecule has 0 aliphatic heterocycles. The number of hydrogen-bond acceptors (Lipinski definition) is 3. The van der Waals surface area contributed by atoms with Crippen LogP contribution in [0.15, 0.2) is 48.5 Å². The minimum Gasteiger partial charge on any atom is -0.461 e. The van der Waals surface area contributed by atoms with Crippen LogP contribution in [0.25, 0.3) is 0 Å². The SMILES string of the molecule is N#Cc1ccc(F)c(CC(=O)OCc2ccccc2)c1. The number of benzene rings is 2. The van der Waals surface area contributed by atoms with Crippen LogP contribution in [0.4, 0.5) is 4.39 Å². The highest BCUT2D eigenvalue weighted by Gasteiger charge is 2.10. The van der Waals surface area contributed by atoms with Gasteiger partial charge in [0.05, 0.1) is 18.1 Å². The zero-order valence-corrected chi connectivity index (χ0v) is 10.7. The second kappa shape index (κ2) is 6.48. The Morgan fingerprint density at radius 1 is 1.20 bits per heavy atom. The second-order valence-electron chi connectivity index (χ2n) is 4.24. The van der Waals surface area contributed by atoms with E-state index in [1.165, 1.54) is 18.2 Å². The third kappa shape index (κ3) is 3.66.